The van der Waals surface area contributed by atoms with E-state index in [-0.39, 0.29) is 0 Å². The second-order valence-corrected chi connectivity index (χ2v) is 5.38. The molecule has 1 rings (SSSR count). The van der Waals surface area contributed by atoms with Crippen molar-refractivity contribution < 1.29 is 4.74 Å². The largest absolute Gasteiger partial charge is 0.492 e. The summed E-state index contributed by atoms with van der Waals surface area (Å²) in [7, 11) is 0. The maximum absolute atomic E-state index is 5.98. The molecular weight excluding hydrogens is 222 g/mol. The molecule has 2 heteroatoms. The first-order valence-electron chi connectivity index (χ1n) is 6.98. The van der Waals surface area contributed by atoms with Gasteiger partial charge >= 0.3 is 0 Å². The van der Waals surface area contributed by atoms with Crippen LogP contribution in [-0.2, 0) is 0 Å². The molecule has 102 valence electrons. The molecule has 1 N–H and O–H groups in total. The lowest BCUT2D eigenvalue weighted by Gasteiger charge is -2.23. The molecule has 0 aliphatic rings. The molecule has 0 aromatic heterocycles. The quantitative estimate of drug-likeness (QED) is 0.795. The fourth-order valence-electron chi connectivity index (χ4n) is 1.86. The van der Waals surface area contributed by atoms with Crippen LogP contribution in [0.15, 0.2) is 18.2 Å². The second-order valence-electron chi connectivity index (χ2n) is 5.38. The van der Waals surface area contributed by atoms with E-state index < -0.39 is 0 Å². The van der Waals surface area contributed by atoms with Crippen LogP contribution in [0.25, 0.3) is 0 Å². The molecule has 1 aromatic carbocycles. The fourth-order valence-corrected chi connectivity index (χ4v) is 1.86. The minimum Gasteiger partial charge on any atom is -0.492 e. The topological polar surface area (TPSA) is 21.3 Å². The first-order valence-corrected chi connectivity index (χ1v) is 6.98. The Bertz CT molecular complexity index is 360. The SMILES string of the molecule is CCCNC(COc1cc(C)ccc1C)C(C)C. The minimum absolute atomic E-state index is 0.421. The van der Waals surface area contributed by atoms with Gasteiger partial charge in [0.1, 0.15) is 12.4 Å². The summed E-state index contributed by atoms with van der Waals surface area (Å²) in [5.74, 6) is 1.60. The Morgan fingerprint density at radius 2 is 1.94 bits per heavy atom. The van der Waals surface area contributed by atoms with Gasteiger partial charge in [-0.15, -0.1) is 0 Å². The van der Waals surface area contributed by atoms with Gasteiger partial charge in [0.2, 0.25) is 0 Å². The Hall–Kier alpha value is -1.02. The van der Waals surface area contributed by atoms with Gasteiger partial charge < -0.3 is 10.1 Å². The van der Waals surface area contributed by atoms with Crippen molar-refractivity contribution in [3.63, 3.8) is 0 Å². The summed E-state index contributed by atoms with van der Waals surface area (Å²) in [5, 5.41) is 3.55. The molecule has 0 radical (unpaired) electrons. The van der Waals surface area contributed by atoms with Crippen molar-refractivity contribution >= 4 is 0 Å². The van der Waals surface area contributed by atoms with Crippen LogP contribution in [0.2, 0.25) is 0 Å². The summed E-state index contributed by atoms with van der Waals surface area (Å²) >= 11 is 0. The van der Waals surface area contributed by atoms with Crippen molar-refractivity contribution in [3.05, 3.63) is 29.3 Å². The van der Waals surface area contributed by atoms with Crippen molar-refractivity contribution in [2.24, 2.45) is 5.92 Å². The smallest absolute Gasteiger partial charge is 0.122 e. The Kier molecular flexibility index (Phi) is 6.20. The van der Waals surface area contributed by atoms with Crippen LogP contribution < -0.4 is 10.1 Å². The molecule has 0 aliphatic carbocycles. The minimum atomic E-state index is 0.421. The first kappa shape index (κ1) is 15.0. The van der Waals surface area contributed by atoms with Crippen molar-refractivity contribution in [2.75, 3.05) is 13.2 Å². The van der Waals surface area contributed by atoms with Gasteiger partial charge in [-0.1, -0.05) is 32.9 Å². The van der Waals surface area contributed by atoms with Gasteiger partial charge in [-0.2, -0.15) is 0 Å². The van der Waals surface area contributed by atoms with E-state index in [2.05, 4.69) is 58.1 Å². The number of rotatable bonds is 7. The van der Waals surface area contributed by atoms with E-state index in [9.17, 15) is 0 Å². The molecule has 0 aliphatic heterocycles. The number of hydrogen-bond donors (Lipinski definition) is 1. The first-order chi connectivity index (χ1) is 8.54. The van der Waals surface area contributed by atoms with Gasteiger partial charge in [0.05, 0.1) is 0 Å². The van der Waals surface area contributed by atoms with Gasteiger partial charge in [0, 0.05) is 6.04 Å². The number of hydrogen-bond acceptors (Lipinski definition) is 2. The normalized spacial score (nSPS) is 12.8. The lowest BCUT2D eigenvalue weighted by molar-refractivity contribution is 0.229. The zero-order chi connectivity index (χ0) is 13.5. The highest BCUT2D eigenvalue weighted by Crippen LogP contribution is 2.19. The van der Waals surface area contributed by atoms with Crippen LogP contribution >= 0.6 is 0 Å². The zero-order valence-electron chi connectivity index (χ0n) is 12.4. The average molecular weight is 249 g/mol. The molecule has 0 spiro atoms. The zero-order valence-corrected chi connectivity index (χ0v) is 12.4. The molecule has 18 heavy (non-hydrogen) atoms. The molecule has 1 atom stereocenters. The Morgan fingerprint density at radius 3 is 2.56 bits per heavy atom. The molecule has 0 saturated heterocycles. The number of nitrogens with one attached hydrogen (secondary N) is 1. The van der Waals surface area contributed by atoms with Crippen molar-refractivity contribution in [1.29, 1.82) is 0 Å². The van der Waals surface area contributed by atoms with E-state index in [0.29, 0.717) is 12.0 Å². The molecule has 0 bridgehead atoms. The summed E-state index contributed by atoms with van der Waals surface area (Å²) in [6.45, 7) is 12.6. The third-order valence-corrected chi connectivity index (χ3v) is 3.22. The van der Waals surface area contributed by atoms with Crippen molar-refractivity contribution in [1.82, 2.24) is 5.32 Å². The lowest BCUT2D eigenvalue weighted by atomic mass is 10.1. The maximum atomic E-state index is 5.98. The molecule has 1 unspecified atom stereocenters. The molecule has 0 amide bonds. The summed E-state index contributed by atoms with van der Waals surface area (Å²) in [4.78, 5) is 0. The van der Waals surface area contributed by atoms with Crippen LogP contribution in [0.4, 0.5) is 0 Å². The van der Waals surface area contributed by atoms with Gasteiger partial charge in [0.15, 0.2) is 0 Å². The van der Waals surface area contributed by atoms with E-state index in [1.807, 2.05) is 0 Å². The second kappa shape index (κ2) is 7.42. The highest BCUT2D eigenvalue weighted by atomic mass is 16.5. The average Bonchev–Trinajstić information content (AvgIpc) is 2.33. The van der Waals surface area contributed by atoms with Gasteiger partial charge in [0.25, 0.3) is 0 Å². The summed E-state index contributed by atoms with van der Waals surface area (Å²) in [6, 6.07) is 6.78. The van der Waals surface area contributed by atoms with Crippen LogP contribution in [0, 0.1) is 19.8 Å². The Morgan fingerprint density at radius 1 is 1.22 bits per heavy atom. The number of ether oxygens (including phenoxy) is 1. The predicted octanol–water partition coefficient (Wildman–Crippen LogP) is 3.71. The third-order valence-electron chi connectivity index (χ3n) is 3.22. The summed E-state index contributed by atoms with van der Waals surface area (Å²) in [5.41, 5.74) is 2.46. The summed E-state index contributed by atoms with van der Waals surface area (Å²) in [6.07, 6.45) is 1.16. The molecule has 0 heterocycles. The monoisotopic (exact) mass is 249 g/mol. The van der Waals surface area contributed by atoms with Gasteiger partial charge in [-0.25, -0.2) is 0 Å². The highest BCUT2D eigenvalue weighted by molar-refractivity contribution is 5.35. The molecule has 1 aromatic rings. The van der Waals surface area contributed by atoms with Crippen LogP contribution in [0.5, 0.6) is 5.75 Å². The van der Waals surface area contributed by atoms with E-state index >= 15 is 0 Å². The molecule has 2 nitrogen and oxygen atoms in total. The standard InChI is InChI=1S/C16H27NO/c1-6-9-17-15(12(2)3)11-18-16-10-13(4)7-8-14(16)5/h7-8,10,12,15,17H,6,9,11H2,1-5H3. The fraction of sp³-hybridized carbons (Fsp3) is 0.625. The Balaban J connectivity index is 2.58. The van der Waals surface area contributed by atoms with Crippen LogP contribution in [0.3, 0.4) is 0 Å². The lowest BCUT2D eigenvalue weighted by Crippen LogP contribution is -2.39. The number of benzene rings is 1. The van der Waals surface area contributed by atoms with Crippen LogP contribution in [-0.4, -0.2) is 19.2 Å². The van der Waals surface area contributed by atoms with E-state index in [1.165, 1.54) is 11.1 Å². The molecule has 0 saturated carbocycles. The number of aryl methyl sites for hydroxylation is 2. The van der Waals surface area contributed by atoms with Crippen molar-refractivity contribution in [2.45, 2.75) is 47.1 Å². The third kappa shape index (κ3) is 4.69. The molecule has 0 fully saturated rings. The van der Waals surface area contributed by atoms with E-state index in [4.69, 9.17) is 4.74 Å². The Labute approximate surface area is 112 Å². The van der Waals surface area contributed by atoms with Crippen molar-refractivity contribution in [3.8, 4) is 5.75 Å². The van der Waals surface area contributed by atoms with Crippen LogP contribution in [0.1, 0.15) is 38.3 Å². The maximum Gasteiger partial charge on any atom is 0.122 e. The van der Waals surface area contributed by atoms with E-state index in [1.54, 1.807) is 0 Å². The van der Waals surface area contributed by atoms with Gasteiger partial charge in [-0.05, 0) is 49.9 Å². The highest BCUT2D eigenvalue weighted by Gasteiger charge is 2.13. The predicted molar refractivity (Wildman–Crippen MR) is 78.3 cm³/mol. The van der Waals surface area contributed by atoms with Gasteiger partial charge in [-0.3, -0.25) is 0 Å². The van der Waals surface area contributed by atoms with E-state index in [0.717, 1.165) is 25.3 Å². The summed E-state index contributed by atoms with van der Waals surface area (Å²) < 4.78 is 5.98. The molecular formula is C16H27NO.